The molecule has 2 rings (SSSR count). The van der Waals surface area contributed by atoms with Crippen LogP contribution in [-0.2, 0) is 4.79 Å². The molecule has 0 spiro atoms. The minimum atomic E-state index is 0.298. The largest absolute Gasteiger partial charge is 0.340 e. The molecule has 1 aliphatic carbocycles. The molecule has 1 amide bonds. The smallest absolute Gasteiger partial charge is 0.222 e. The summed E-state index contributed by atoms with van der Waals surface area (Å²) in [6.07, 6.45) is 5.44. The van der Waals surface area contributed by atoms with Gasteiger partial charge in [0.1, 0.15) is 0 Å². The van der Waals surface area contributed by atoms with Crippen molar-refractivity contribution in [1.82, 2.24) is 10.2 Å². The normalized spacial score (nSPS) is 23.6. The average Bonchev–Trinajstić information content (AvgIpc) is 2.38. The van der Waals surface area contributed by atoms with E-state index in [1.165, 1.54) is 24.8 Å². The third kappa shape index (κ3) is 3.59. The molecule has 0 saturated carbocycles. The average molecular weight is 264 g/mol. The molecule has 1 fully saturated rings. The summed E-state index contributed by atoms with van der Waals surface area (Å²) < 4.78 is 0. The molecular weight excluding hydrogens is 236 g/mol. The van der Waals surface area contributed by atoms with Crippen LogP contribution in [0.25, 0.3) is 0 Å². The van der Waals surface area contributed by atoms with Crippen LogP contribution in [0.1, 0.15) is 52.9 Å². The second-order valence-electron chi connectivity index (χ2n) is 6.63. The van der Waals surface area contributed by atoms with Gasteiger partial charge in [0.25, 0.3) is 0 Å². The van der Waals surface area contributed by atoms with E-state index >= 15 is 0 Å². The van der Waals surface area contributed by atoms with E-state index in [-0.39, 0.29) is 0 Å². The van der Waals surface area contributed by atoms with Crippen LogP contribution >= 0.6 is 0 Å². The fourth-order valence-corrected chi connectivity index (χ4v) is 3.53. The van der Waals surface area contributed by atoms with E-state index in [0.29, 0.717) is 17.7 Å². The van der Waals surface area contributed by atoms with E-state index < -0.39 is 0 Å². The lowest BCUT2D eigenvalue weighted by Crippen LogP contribution is -2.46. The Kier molecular flexibility index (Phi) is 4.67. The molecule has 0 radical (unpaired) electrons. The molecule has 3 heteroatoms. The molecule has 1 aliphatic heterocycles. The molecule has 0 aromatic rings. The first-order valence-electron chi connectivity index (χ1n) is 7.68. The Labute approximate surface area is 117 Å². The van der Waals surface area contributed by atoms with Gasteiger partial charge >= 0.3 is 0 Å². The maximum absolute atomic E-state index is 12.2. The van der Waals surface area contributed by atoms with Gasteiger partial charge in [0.05, 0.1) is 0 Å². The number of allylic oxidation sites excluding steroid dienone is 2. The van der Waals surface area contributed by atoms with Crippen LogP contribution in [0, 0.1) is 5.41 Å². The molecule has 0 aromatic carbocycles. The molecule has 3 nitrogen and oxygen atoms in total. The van der Waals surface area contributed by atoms with Gasteiger partial charge in [-0.3, -0.25) is 4.79 Å². The second kappa shape index (κ2) is 6.08. The molecule has 0 atom stereocenters. The number of nitrogens with zero attached hydrogens (tertiary/aromatic N) is 1. The number of amides is 1. The van der Waals surface area contributed by atoms with E-state index in [1.54, 1.807) is 5.57 Å². The van der Waals surface area contributed by atoms with Crippen LogP contribution in [0.3, 0.4) is 0 Å². The molecular formula is C16H28N2O. The lowest BCUT2D eigenvalue weighted by molar-refractivity contribution is -0.131. The van der Waals surface area contributed by atoms with Crippen molar-refractivity contribution in [2.45, 2.75) is 52.9 Å². The number of hydrogen-bond donors (Lipinski definition) is 1. The van der Waals surface area contributed by atoms with Gasteiger partial charge in [-0.2, -0.15) is 0 Å². The van der Waals surface area contributed by atoms with E-state index in [0.717, 1.165) is 32.6 Å². The van der Waals surface area contributed by atoms with E-state index in [1.807, 2.05) is 4.90 Å². The molecule has 0 unspecified atom stereocenters. The summed E-state index contributed by atoms with van der Waals surface area (Å²) >= 11 is 0. The first-order valence-corrected chi connectivity index (χ1v) is 7.68. The summed E-state index contributed by atoms with van der Waals surface area (Å²) in [4.78, 5) is 14.3. The number of rotatable bonds is 3. The fraction of sp³-hybridized carbons (Fsp3) is 0.812. The van der Waals surface area contributed by atoms with Crippen molar-refractivity contribution in [3.05, 3.63) is 11.1 Å². The van der Waals surface area contributed by atoms with Gasteiger partial charge in [-0.15, -0.1) is 0 Å². The van der Waals surface area contributed by atoms with Crippen molar-refractivity contribution in [3.8, 4) is 0 Å². The summed E-state index contributed by atoms with van der Waals surface area (Å²) in [7, 11) is 0. The first kappa shape index (κ1) is 14.6. The molecule has 108 valence electrons. The van der Waals surface area contributed by atoms with Gasteiger partial charge < -0.3 is 10.2 Å². The van der Waals surface area contributed by atoms with Crippen molar-refractivity contribution in [2.75, 3.05) is 26.2 Å². The van der Waals surface area contributed by atoms with Crippen molar-refractivity contribution in [3.63, 3.8) is 0 Å². The standard InChI is InChI=1S/C16H28N2O/c1-13-5-4-8-16(2,3)14(13)6-7-15(19)18-11-9-17-10-12-18/h17H,4-12H2,1-3H3. The van der Waals surface area contributed by atoms with Gasteiger partial charge in [-0.25, -0.2) is 0 Å². The zero-order valence-electron chi connectivity index (χ0n) is 12.7. The Balaban J connectivity index is 1.92. The van der Waals surface area contributed by atoms with Crippen molar-refractivity contribution in [1.29, 1.82) is 0 Å². The third-order valence-electron chi connectivity index (χ3n) is 4.74. The summed E-state index contributed by atoms with van der Waals surface area (Å²) in [5.74, 6) is 0.336. The van der Waals surface area contributed by atoms with Crippen LogP contribution in [0.4, 0.5) is 0 Å². The van der Waals surface area contributed by atoms with Crippen molar-refractivity contribution >= 4 is 5.91 Å². The molecule has 1 saturated heterocycles. The maximum Gasteiger partial charge on any atom is 0.222 e. The Morgan fingerprint density at radius 3 is 2.63 bits per heavy atom. The fourth-order valence-electron chi connectivity index (χ4n) is 3.53. The summed E-state index contributed by atoms with van der Waals surface area (Å²) in [6.45, 7) is 10.6. The molecule has 2 aliphatic rings. The van der Waals surface area contributed by atoms with Crippen LogP contribution in [0.15, 0.2) is 11.1 Å². The van der Waals surface area contributed by atoms with Crippen LogP contribution in [0.5, 0.6) is 0 Å². The number of carbonyl (C=O) groups excluding carboxylic acids is 1. The number of carbonyl (C=O) groups is 1. The van der Waals surface area contributed by atoms with Crippen LogP contribution < -0.4 is 5.32 Å². The quantitative estimate of drug-likeness (QED) is 0.795. The maximum atomic E-state index is 12.2. The van der Waals surface area contributed by atoms with Gasteiger partial charge in [-0.05, 0) is 38.0 Å². The Bertz CT molecular complexity index is 365. The zero-order valence-corrected chi connectivity index (χ0v) is 12.7. The number of nitrogens with one attached hydrogen (secondary N) is 1. The second-order valence-corrected chi connectivity index (χ2v) is 6.63. The molecule has 1 heterocycles. The van der Waals surface area contributed by atoms with E-state index in [2.05, 4.69) is 26.1 Å². The monoisotopic (exact) mass is 264 g/mol. The van der Waals surface area contributed by atoms with Crippen LogP contribution in [-0.4, -0.2) is 37.0 Å². The highest BCUT2D eigenvalue weighted by Gasteiger charge is 2.28. The highest BCUT2D eigenvalue weighted by Crippen LogP contribution is 2.42. The molecule has 0 bridgehead atoms. The molecule has 0 aromatic heterocycles. The van der Waals surface area contributed by atoms with E-state index in [4.69, 9.17) is 0 Å². The highest BCUT2D eigenvalue weighted by atomic mass is 16.2. The summed E-state index contributed by atoms with van der Waals surface area (Å²) in [6, 6.07) is 0. The minimum absolute atomic E-state index is 0.298. The minimum Gasteiger partial charge on any atom is -0.340 e. The topological polar surface area (TPSA) is 32.3 Å². The van der Waals surface area contributed by atoms with Crippen LogP contribution in [0.2, 0.25) is 0 Å². The first-order chi connectivity index (χ1) is 9.00. The summed E-state index contributed by atoms with van der Waals surface area (Å²) in [5, 5.41) is 3.29. The van der Waals surface area contributed by atoms with Crippen molar-refractivity contribution in [2.24, 2.45) is 5.41 Å². The number of piperazine rings is 1. The Morgan fingerprint density at radius 2 is 2.00 bits per heavy atom. The third-order valence-corrected chi connectivity index (χ3v) is 4.74. The SMILES string of the molecule is CC1=C(CCC(=O)N2CCNCC2)C(C)(C)CCC1. The Hall–Kier alpha value is -0.830. The Morgan fingerprint density at radius 1 is 1.32 bits per heavy atom. The van der Waals surface area contributed by atoms with E-state index in [9.17, 15) is 4.79 Å². The predicted molar refractivity (Wildman–Crippen MR) is 79.0 cm³/mol. The van der Waals surface area contributed by atoms with Gasteiger partial charge in [0.2, 0.25) is 5.91 Å². The molecule has 19 heavy (non-hydrogen) atoms. The number of hydrogen-bond acceptors (Lipinski definition) is 2. The van der Waals surface area contributed by atoms with Gasteiger partial charge in [-0.1, -0.05) is 25.0 Å². The van der Waals surface area contributed by atoms with Gasteiger partial charge in [0, 0.05) is 32.6 Å². The zero-order chi connectivity index (χ0) is 13.9. The lowest BCUT2D eigenvalue weighted by Gasteiger charge is -2.35. The highest BCUT2D eigenvalue weighted by molar-refractivity contribution is 5.76. The summed E-state index contributed by atoms with van der Waals surface area (Å²) in [5.41, 5.74) is 3.37. The lowest BCUT2D eigenvalue weighted by atomic mass is 9.71. The predicted octanol–water partition coefficient (Wildman–Crippen LogP) is 2.73. The molecule has 1 N–H and O–H groups in total. The van der Waals surface area contributed by atoms with Gasteiger partial charge in [0.15, 0.2) is 0 Å². The van der Waals surface area contributed by atoms with Crippen molar-refractivity contribution < 1.29 is 4.79 Å².